The van der Waals surface area contributed by atoms with Crippen LogP contribution in [0.5, 0.6) is 0 Å². The molecule has 0 bridgehead atoms. The van der Waals surface area contributed by atoms with E-state index in [1.807, 2.05) is 0 Å². The van der Waals surface area contributed by atoms with Gasteiger partial charge < -0.3 is 20.5 Å². The van der Waals surface area contributed by atoms with Gasteiger partial charge in [0.05, 0.1) is 35.7 Å². The van der Waals surface area contributed by atoms with Crippen molar-refractivity contribution in [2.45, 2.75) is 18.9 Å². The summed E-state index contributed by atoms with van der Waals surface area (Å²) in [7, 11) is 0. The number of nitrogen functional groups attached to an aromatic ring is 1. The van der Waals surface area contributed by atoms with Gasteiger partial charge in [-0.15, -0.1) is 0 Å². The molecular weight excluding hydrogens is 271 g/mol. The molecule has 0 aliphatic carbocycles. The number of hydrogen-bond acceptors (Lipinski definition) is 4. The number of rotatable bonds is 4. The van der Waals surface area contributed by atoms with E-state index in [0.29, 0.717) is 12.3 Å². The van der Waals surface area contributed by atoms with Crippen molar-refractivity contribution in [2.24, 2.45) is 0 Å². The van der Waals surface area contributed by atoms with Crippen LogP contribution in [-0.2, 0) is 4.74 Å². The van der Waals surface area contributed by atoms with Gasteiger partial charge in [0.25, 0.3) is 0 Å². The van der Waals surface area contributed by atoms with Crippen LogP contribution in [0, 0.1) is 5.82 Å². The van der Waals surface area contributed by atoms with Crippen LogP contribution in [0.3, 0.4) is 0 Å². The van der Waals surface area contributed by atoms with E-state index in [0.717, 1.165) is 31.6 Å². The molecule has 1 aromatic rings. The maximum atomic E-state index is 13.3. The Bertz CT molecular complexity index is 437. The van der Waals surface area contributed by atoms with E-state index in [1.54, 1.807) is 6.07 Å². The van der Waals surface area contributed by atoms with Crippen molar-refractivity contribution in [3.05, 3.63) is 23.0 Å². The zero-order valence-electron chi connectivity index (χ0n) is 10.6. The number of aliphatic hydroxyl groups excluding tert-OH is 1. The third kappa shape index (κ3) is 3.49. The summed E-state index contributed by atoms with van der Waals surface area (Å²) in [6.45, 7) is 1.97. The minimum Gasteiger partial charge on any atom is -0.397 e. The highest BCUT2D eigenvalue weighted by molar-refractivity contribution is 6.31. The van der Waals surface area contributed by atoms with Crippen molar-refractivity contribution < 1.29 is 14.2 Å². The maximum absolute atomic E-state index is 13.3. The Morgan fingerprint density at radius 3 is 2.74 bits per heavy atom. The van der Waals surface area contributed by atoms with Gasteiger partial charge in [-0.1, -0.05) is 11.6 Å². The molecule has 1 saturated heterocycles. The van der Waals surface area contributed by atoms with Gasteiger partial charge in [0.1, 0.15) is 5.82 Å². The van der Waals surface area contributed by atoms with E-state index in [4.69, 9.17) is 27.2 Å². The minimum atomic E-state index is -0.496. The lowest BCUT2D eigenvalue weighted by Gasteiger charge is -2.34. The Morgan fingerprint density at radius 2 is 2.11 bits per heavy atom. The number of hydrogen-bond donors (Lipinski definition) is 2. The van der Waals surface area contributed by atoms with Crippen molar-refractivity contribution in [3.8, 4) is 0 Å². The Morgan fingerprint density at radius 1 is 1.42 bits per heavy atom. The van der Waals surface area contributed by atoms with E-state index in [1.165, 1.54) is 6.07 Å². The zero-order valence-corrected chi connectivity index (χ0v) is 11.4. The molecule has 106 valence electrons. The molecule has 1 aliphatic heterocycles. The Hall–Kier alpha value is -1.04. The van der Waals surface area contributed by atoms with Crippen molar-refractivity contribution >= 4 is 23.0 Å². The SMILES string of the molecule is Nc1cc(F)c(Cl)cc1N1CCC(OCCO)CC1. The Kier molecular flexibility index (Phi) is 4.85. The third-order valence-corrected chi connectivity index (χ3v) is 3.59. The van der Waals surface area contributed by atoms with E-state index in [9.17, 15) is 4.39 Å². The number of ether oxygens (including phenoxy) is 1. The summed E-state index contributed by atoms with van der Waals surface area (Å²) in [5, 5.41) is 8.80. The van der Waals surface area contributed by atoms with Crippen LogP contribution in [0.4, 0.5) is 15.8 Å². The highest BCUT2D eigenvalue weighted by atomic mass is 35.5. The smallest absolute Gasteiger partial charge is 0.143 e. The summed E-state index contributed by atoms with van der Waals surface area (Å²) in [5.74, 6) is -0.496. The Labute approximate surface area is 116 Å². The van der Waals surface area contributed by atoms with Gasteiger partial charge in [-0.2, -0.15) is 0 Å². The van der Waals surface area contributed by atoms with Crippen LogP contribution in [0.15, 0.2) is 12.1 Å². The van der Waals surface area contributed by atoms with Gasteiger partial charge in [-0.05, 0) is 18.9 Å². The summed E-state index contributed by atoms with van der Waals surface area (Å²) in [6, 6.07) is 2.83. The minimum absolute atomic E-state index is 0.0424. The quantitative estimate of drug-likeness (QED) is 0.833. The number of anilines is 2. The first-order valence-electron chi connectivity index (χ1n) is 6.33. The second-order valence-corrected chi connectivity index (χ2v) is 5.01. The molecule has 4 nitrogen and oxygen atoms in total. The number of piperidine rings is 1. The fraction of sp³-hybridized carbons (Fsp3) is 0.538. The molecule has 1 heterocycles. The monoisotopic (exact) mass is 288 g/mol. The summed E-state index contributed by atoms with van der Waals surface area (Å²) in [6.07, 6.45) is 1.88. The van der Waals surface area contributed by atoms with Crippen LogP contribution in [0.1, 0.15) is 12.8 Å². The molecular formula is C13H18ClFN2O2. The lowest BCUT2D eigenvalue weighted by molar-refractivity contribution is 0.0159. The molecule has 0 saturated carbocycles. The highest BCUT2D eigenvalue weighted by Crippen LogP contribution is 2.31. The summed E-state index contributed by atoms with van der Waals surface area (Å²) >= 11 is 5.79. The van der Waals surface area contributed by atoms with Crippen molar-refractivity contribution in [3.63, 3.8) is 0 Å². The molecule has 0 radical (unpaired) electrons. The largest absolute Gasteiger partial charge is 0.397 e. The lowest BCUT2D eigenvalue weighted by atomic mass is 10.1. The first-order valence-corrected chi connectivity index (χ1v) is 6.71. The fourth-order valence-electron chi connectivity index (χ4n) is 2.31. The molecule has 0 spiro atoms. The van der Waals surface area contributed by atoms with Gasteiger partial charge >= 0.3 is 0 Å². The van der Waals surface area contributed by atoms with Crippen LogP contribution < -0.4 is 10.6 Å². The highest BCUT2D eigenvalue weighted by Gasteiger charge is 2.21. The summed E-state index contributed by atoms with van der Waals surface area (Å²) in [5.41, 5.74) is 7.00. The topological polar surface area (TPSA) is 58.7 Å². The normalized spacial score (nSPS) is 16.9. The van der Waals surface area contributed by atoms with Gasteiger partial charge in [-0.3, -0.25) is 0 Å². The summed E-state index contributed by atoms with van der Waals surface area (Å²) < 4.78 is 18.7. The molecule has 6 heteroatoms. The second-order valence-electron chi connectivity index (χ2n) is 4.61. The molecule has 0 atom stereocenters. The van der Waals surface area contributed by atoms with Crippen LogP contribution in [-0.4, -0.2) is 37.5 Å². The second kappa shape index (κ2) is 6.41. The third-order valence-electron chi connectivity index (χ3n) is 3.30. The number of aliphatic hydroxyl groups is 1. The van der Waals surface area contributed by atoms with E-state index in [-0.39, 0.29) is 17.7 Å². The molecule has 3 N–H and O–H groups in total. The van der Waals surface area contributed by atoms with Crippen molar-refractivity contribution in [2.75, 3.05) is 36.9 Å². The lowest BCUT2D eigenvalue weighted by Crippen LogP contribution is -2.37. The Balaban J connectivity index is 1.99. The first kappa shape index (κ1) is 14.4. The average Bonchev–Trinajstić information content (AvgIpc) is 2.41. The van der Waals surface area contributed by atoms with Crippen LogP contribution >= 0.6 is 11.6 Å². The van der Waals surface area contributed by atoms with Gasteiger partial charge in [0, 0.05) is 19.2 Å². The van der Waals surface area contributed by atoms with Crippen molar-refractivity contribution in [1.82, 2.24) is 0 Å². The van der Waals surface area contributed by atoms with Gasteiger partial charge in [0.15, 0.2) is 0 Å². The number of nitrogens with two attached hydrogens (primary N) is 1. The summed E-state index contributed by atoms with van der Waals surface area (Å²) in [4.78, 5) is 2.08. The maximum Gasteiger partial charge on any atom is 0.143 e. The van der Waals surface area contributed by atoms with E-state index < -0.39 is 5.82 Å². The number of halogens is 2. The van der Waals surface area contributed by atoms with Crippen molar-refractivity contribution in [1.29, 1.82) is 0 Å². The standard InChI is InChI=1S/C13H18ClFN2O2/c14-10-7-13(12(16)8-11(10)15)17-3-1-9(2-4-17)19-6-5-18/h7-9,18H,1-6,16H2. The average molecular weight is 289 g/mol. The zero-order chi connectivity index (χ0) is 13.8. The fourth-order valence-corrected chi connectivity index (χ4v) is 2.47. The molecule has 0 unspecified atom stereocenters. The predicted molar refractivity (Wildman–Crippen MR) is 74.1 cm³/mol. The van der Waals surface area contributed by atoms with Gasteiger partial charge in [-0.25, -0.2) is 4.39 Å². The van der Waals surface area contributed by atoms with E-state index in [2.05, 4.69) is 4.90 Å². The van der Waals surface area contributed by atoms with Gasteiger partial charge in [0.2, 0.25) is 0 Å². The van der Waals surface area contributed by atoms with Crippen LogP contribution in [0.25, 0.3) is 0 Å². The molecule has 19 heavy (non-hydrogen) atoms. The first-order chi connectivity index (χ1) is 9.11. The van der Waals surface area contributed by atoms with Crippen LogP contribution in [0.2, 0.25) is 5.02 Å². The molecule has 1 fully saturated rings. The van der Waals surface area contributed by atoms with E-state index >= 15 is 0 Å². The molecule has 0 aromatic heterocycles. The number of benzene rings is 1. The molecule has 1 aliphatic rings. The predicted octanol–water partition coefficient (Wildman–Crippen LogP) is 2.04. The molecule has 1 aromatic carbocycles. The molecule has 2 rings (SSSR count). The molecule has 0 amide bonds. The number of nitrogens with zero attached hydrogens (tertiary/aromatic N) is 1.